The normalized spacial score (nSPS) is 22.1. The third kappa shape index (κ3) is 4.00. The van der Waals surface area contributed by atoms with Crippen LogP contribution >= 0.6 is 0 Å². The number of benzene rings is 2. The first-order valence-electron chi connectivity index (χ1n) is 13.7. The average Bonchev–Trinajstić information content (AvgIpc) is 3.47. The number of para-hydroxylation sites is 1. The van der Waals surface area contributed by atoms with Crippen molar-refractivity contribution in [1.29, 1.82) is 0 Å². The lowest BCUT2D eigenvalue weighted by molar-refractivity contribution is -0.144. The van der Waals surface area contributed by atoms with Crippen LogP contribution < -0.4 is 5.32 Å². The van der Waals surface area contributed by atoms with Crippen molar-refractivity contribution in [1.82, 2.24) is 9.88 Å². The van der Waals surface area contributed by atoms with Crippen LogP contribution in [0.15, 0.2) is 65.0 Å². The third-order valence-electron chi connectivity index (χ3n) is 8.48. The molecule has 1 saturated carbocycles. The monoisotopic (exact) mass is 496 g/mol. The van der Waals surface area contributed by atoms with Gasteiger partial charge in [-0.25, -0.2) is 4.79 Å². The van der Waals surface area contributed by atoms with Crippen molar-refractivity contribution in [2.24, 2.45) is 5.41 Å². The van der Waals surface area contributed by atoms with Crippen LogP contribution in [0.2, 0.25) is 0 Å². The van der Waals surface area contributed by atoms with Crippen molar-refractivity contribution in [3.8, 4) is 0 Å². The number of carbonyl (C=O) groups is 2. The molecule has 2 aromatic carbocycles. The molecule has 3 aliphatic rings. The van der Waals surface area contributed by atoms with E-state index in [-0.39, 0.29) is 23.3 Å². The Kier molecular flexibility index (Phi) is 5.78. The minimum absolute atomic E-state index is 0.0326. The number of ketones is 1. The van der Waals surface area contributed by atoms with Crippen LogP contribution in [-0.2, 0) is 20.9 Å². The molecule has 0 amide bonds. The summed E-state index contributed by atoms with van der Waals surface area (Å²) in [5.41, 5.74) is 6.30. The molecule has 6 rings (SSSR count). The largest absolute Gasteiger partial charge is 0.459 e. The molecule has 1 aliphatic heterocycles. The fraction of sp³-hybridized carbons (Fsp3) is 0.438. The lowest BCUT2D eigenvalue weighted by Gasteiger charge is -2.39. The number of fused-ring (bicyclic) bond motifs is 3. The summed E-state index contributed by atoms with van der Waals surface area (Å²) in [7, 11) is 0. The van der Waals surface area contributed by atoms with Gasteiger partial charge in [-0.2, -0.15) is 0 Å². The first-order valence-corrected chi connectivity index (χ1v) is 13.7. The highest BCUT2D eigenvalue weighted by atomic mass is 16.5. The standard InChI is InChI=1S/C32H36N2O3/c1-5-34-25-13-9-8-12-22(25)23-16-20(14-15-26(23)34)29-28(31(36)37-21-10-6-7-11-21)19(2)33-24-17-32(3,4)18-27(35)30(24)29/h8-9,12-16,21,29,33H,5-7,10-11,17-18H2,1-4H3. The molecule has 192 valence electrons. The lowest BCUT2D eigenvalue weighted by atomic mass is 9.68. The Morgan fingerprint density at radius 3 is 2.54 bits per heavy atom. The second kappa shape index (κ2) is 8.90. The molecular formula is C32H36N2O3. The maximum atomic E-state index is 13.7. The number of Topliss-reactive ketones (excluding diaryl/α,β-unsaturated/α-hetero) is 1. The molecule has 1 unspecified atom stereocenters. The van der Waals surface area contributed by atoms with Crippen LogP contribution in [-0.4, -0.2) is 22.4 Å². The molecule has 5 nitrogen and oxygen atoms in total. The maximum absolute atomic E-state index is 13.7. The number of esters is 1. The molecule has 2 aliphatic carbocycles. The van der Waals surface area contributed by atoms with Crippen LogP contribution in [0.5, 0.6) is 0 Å². The highest BCUT2D eigenvalue weighted by Gasteiger charge is 2.43. The van der Waals surface area contributed by atoms with Gasteiger partial charge in [0.15, 0.2) is 5.78 Å². The zero-order chi connectivity index (χ0) is 25.9. The Morgan fingerprint density at radius 1 is 1.05 bits per heavy atom. The van der Waals surface area contributed by atoms with Gasteiger partial charge in [-0.1, -0.05) is 38.1 Å². The zero-order valence-corrected chi connectivity index (χ0v) is 22.3. The van der Waals surface area contributed by atoms with E-state index < -0.39 is 5.92 Å². The molecule has 0 saturated heterocycles. The quantitative estimate of drug-likeness (QED) is 0.399. The molecule has 1 aromatic heterocycles. The predicted octanol–water partition coefficient (Wildman–Crippen LogP) is 6.90. The first kappa shape index (κ1) is 24.0. The second-order valence-corrected chi connectivity index (χ2v) is 11.8. The molecule has 37 heavy (non-hydrogen) atoms. The molecule has 0 bridgehead atoms. The van der Waals surface area contributed by atoms with Gasteiger partial charge in [0.05, 0.1) is 5.57 Å². The van der Waals surface area contributed by atoms with Gasteiger partial charge in [-0.3, -0.25) is 4.79 Å². The molecule has 5 heteroatoms. The summed E-state index contributed by atoms with van der Waals surface area (Å²) in [6.07, 6.45) is 5.25. The number of hydrogen-bond acceptors (Lipinski definition) is 4. The summed E-state index contributed by atoms with van der Waals surface area (Å²) in [6, 6.07) is 14.9. The van der Waals surface area contributed by atoms with Gasteiger partial charge in [0.25, 0.3) is 0 Å². The number of hydrogen-bond donors (Lipinski definition) is 1. The SMILES string of the molecule is CCn1c2ccccc2c2cc(C3C(C(=O)OC4CCCC4)=C(C)NC4=C3C(=O)CC(C)(C)C4)ccc21. The van der Waals surface area contributed by atoms with Crippen molar-refractivity contribution < 1.29 is 14.3 Å². The van der Waals surface area contributed by atoms with E-state index in [1.54, 1.807) is 0 Å². The van der Waals surface area contributed by atoms with E-state index >= 15 is 0 Å². The fourth-order valence-corrected chi connectivity index (χ4v) is 6.85. The van der Waals surface area contributed by atoms with E-state index in [0.29, 0.717) is 12.0 Å². The summed E-state index contributed by atoms with van der Waals surface area (Å²) >= 11 is 0. The number of carbonyl (C=O) groups excluding carboxylic acids is 2. The number of rotatable bonds is 4. The first-order chi connectivity index (χ1) is 17.8. The van der Waals surface area contributed by atoms with Gasteiger partial charge in [0.1, 0.15) is 6.10 Å². The van der Waals surface area contributed by atoms with Gasteiger partial charge in [0.2, 0.25) is 0 Å². The van der Waals surface area contributed by atoms with Crippen LogP contribution in [0, 0.1) is 5.41 Å². The number of dihydropyridines is 1. The van der Waals surface area contributed by atoms with Crippen molar-refractivity contribution >= 4 is 33.6 Å². The number of ether oxygens (including phenoxy) is 1. The summed E-state index contributed by atoms with van der Waals surface area (Å²) in [6.45, 7) is 9.27. The molecule has 0 spiro atoms. The van der Waals surface area contributed by atoms with Crippen LogP contribution in [0.25, 0.3) is 21.8 Å². The molecule has 2 heterocycles. The highest BCUT2D eigenvalue weighted by Crippen LogP contribution is 2.47. The fourth-order valence-electron chi connectivity index (χ4n) is 6.85. The maximum Gasteiger partial charge on any atom is 0.337 e. The Morgan fingerprint density at radius 2 is 1.78 bits per heavy atom. The van der Waals surface area contributed by atoms with Crippen molar-refractivity contribution in [2.45, 2.75) is 84.8 Å². The van der Waals surface area contributed by atoms with Crippen LogP contribution in [0.4, 0.5) is 0 Å². The van der Waals surface area contributed by atoms with Gasteiger partial charge in [0, 0.05) is 57.7 Å². The third-order valence-corrected chi connectivity index (χ3v) is 8.48. The van der Waals surface area contributed by atoms with E-state index in [4.69, 9.17) is 4.74 Å². The van der Waals surface area contributed by atoms with Gasteiger partial charge in [-0.05, 0) is 75.1 Å². The van der Waals surface area contributed by atoms with Crippen LogP contribution in [0.1, 0.15) is 77.7 Å². The molecular weight excluding hydrogens is 460 g/mol. The number of nitrogens with one attached hydrogen (secondary N) is 1. The predicted molar refractivity (Wildman–Crippen MR) is 147 cm³/mol. The number of aryl methyl sites for hydroxylation is 1. The summed E-state index contributed by atoms with van der Waals surface area (Å²) in [5, 5.41) is 5.82. The molecule has 1 atom stereocenters. The average molecular weight is 497 g/mol. The van der Waals surface area contributed by atoms with Gasteiger partial charge >= 0.3 is 5.97 Å². The smallest absolute Gasteiger partial charge is 0.337 e. The Hall–Kier alpha value is -3.34. The minimum atomic E-state index is -0.429. The molecule has 3 aromatic rings. The Bertz CT molecular complexity index is 1500. The van der Waals surface area contributed by atoms with E-state index in [1.807, 2.05) is 6.92 Å². The number of allylic oxidation sites excluding steroid dienone is 3. The lowest BCUT2D eigenvalue weighted by Crippen LogP contribution is -2.39. The van der Waals surface area contributed by atoms with Crippen LogP contribution in [0.3, 0.4) is 0 Å². The zero-order valence-electron chi connectivity index (χ0n) is 22.3. The Labute approximate surface area is 218 Å². The molecule has 0 radical (unpaired) electrons. The van der Waals surface area contributed by atoms with E-state index in [1.165, 1.54) is 16.4 Å². The highest BCUT2D eigenvalue weighted by molar-refractivity contribution is 6.09. The summed E-state index contributed by atoms with van der Waals surface area (Å²) in [4.78, 5) is 27.4. The second-order valence-electron chi connectivity index (χ2n) is 11.8. The van der Waals surface area contributed by atoms with Crippen molar-refractivity contribution in [3.63, 3.8) is 0 Å². The molecule has 1 fully saturated rings. The number of nitrogens with zero attached hydrogens (tertiary/aromatic N) is 1. The van der Waals surface area contributed by atoms with Gasteiger partial charge < -0.3 is 14.6 Å². The van der Waals surface area contributed by atoms with Crippen molar-refractivity contribution in [3.05, 3.63) is 70.6 Å². The topological polar surface area (TPSA) is 60.3 Å². The van der Waals surface area contributed by atoms with Crippen molar-refractivity contribution in [2.75, 3.05) is 0 Å². The Balaban J connectivity index is 1.53. The van der Waals surface area contributed by atoms with E-state index in [2.05, 4.69) is 73.1 Å². The molecule has 1 N–H and O–H groups in total. The van der Waals surface area contributed by atoms with E-state index in [0.717, 1.165) is 66.6 Å². The number of aromatic nitrogens is 1. The summed E-state index contributed by atoms with van der Waals surface area (Å²) in [5.74, 6) is -0.595. The van der Waals surface area contributed by atoms with E-state index in [9.17, 15) is 9.59 Å². The summed E-state index contributed by atoms with van der Waals surface area (Å²) < 4.78 is 8.36. The van der Waals surface area contributed by atoms with Gasteiger partial charge in [-0.15, -0.1) is 0 Å². The minimum Gasteiger partial charge on any atom is -0.459 e.